The van der Waals surface area contributed by atoms with Crippen LogP contribution in [0.25, 0.3) is 0 Å². The number of nitrogens with two attached hydrogens (primary N) is 1. The van der Waals surface area contributed by atoms with Crippen molar-refractivity contribution < 1.29 is 4.52 Å². The molecule has 0 bridgehead atoms. The number of rotatable bonds is 7. The molecule has 1 unspecified atom stereocenters. The molecule has 0 aliphatic rings. The van der Waals surface area contributed by atoms with Gasteiger partial charge < -0.3 is 10.3 Å². The number of hydrogen-bond acceptors (Lipinski definition) is 5. The lowest BCUT2D eigenvalue weighted by Gasteiger charge is -2.06. The summed E-state index contributed by atoms with van der Waals surface area (Å²) in [7, 11) is 0. The van der Waals surface area contributed by atoms with Crippen LogP contribution in [0.3, 0.4) is 0 Å². The van der Waals surface area contributed by atoms with Gasteiger partial charge in [-0.1, -0.05) is 49.3 Å². The van der Waals surface area contributed by atoms with E-state index in [1.165, 1.54) is 5.56 Å². The lowest BCUT2D eigenvalue weighted by atomic mass is 10.1. The van der Waals surface area contributed by atoms with E-state index in [0.717, 1.165) is 18.0 Å². The Bertz CT molecular complexity index is 515. The Balaban J connectivity index is 1.91. The molecule has 1 aromatic heterocycles. The SMILES string of the molecule is CCC(C)SCc1noc([C@H](N)Cc2ccccc2)n1. The molecule has 108 valence electrons. The van der Waals surface area contributed by atoms with Gasteiger partial charge in [-0.2, -0.15) is 16.7 Å². The lowest BCUT2D eigenvalue weighted by molar-refractivity contribution is 0.351. The summed E-state index contributed by atoms with van der Waals surface area (Å²) in [4.78, 5) is 4.39. The Morgan fingerprint density at radius 3 is 2.75 bits per heavy atom. The predicted octanol–water partition coefficient (Wildman–Crippen LogP) is 3.34. The Labute approximate surface area is 124 Å². The minimum absolute atomic E-state index is 0.243. The molecule has 0 radical (unpaired) electrons. The third kappa shape index (κ3) is 4.35. The zero-order valence-corrected chi connectivity index (χ0v) is 12.8. The summed E-state index contributed by atoms with van der Waals surface area (Å²) in [6.45, 7) is 4.38. The van der Waals surface area contributed by atoms with Crippen LogP contribution >= 0.6 is 11.8 Å². The van der Waals surface area contributed by atoms with Gasteiger partial charge in [0, 0.05) is 5.25 Å². The molecular weight excluding hydrogens is 270 g/mol. The van der Waals surface area contributed by atoms with Crippen LogP contribution in [0.4, 0.5) is 0 Å². The second-order valence-corrected chi connectivity index (χ2v) is 6.30. The van der Waals surface area contributed by atoms with Crippen molar-refractivity contribution in [3.8, 4) is 0 Å². The number of hydrogen-bond donors (Lipinski definition) is 1. The van der Waals surface area contributed by atoms with E-state index in [9.17, 15) is 0 Å². The highest BCUT2D eigenvalue weighted by atomic mass is 32.2. The summed E-state index contributed by atoms with van der Waals surface area (Å²) < 4.78 is 5.27. The van der Waals surface area contributed by atoms with Crippen molar-refractivity contribution in [1.29, 1.82) is 0 Å². The average Bonchev–Trinajstić information content (AvgIpc) is 2.95. The molecule has 0 aliphatic heterocycles. The molecule has 0 aliphatic carbocycles. The van der Waals surface area contributed by atoms with Gasteiger partial charge in [0.05, 0.1) is 11.8 Å². The first-order valence-corrected chi connectivity index (χ1v) is 7.97. The number of aromatic nitrogens is 2. The fourth-order valence-electron chi connectivity index (χ4n) is 1.77. The maximum Gasteiger partial charge on any atom is 0.243 e. The Morgan fingerprint density at radius 2 is 2.05 bits per heavy atom. The van der Waals surface area contributed by atoms with Crippen molar-refractivity contribution in [2.75, 3.05) is 0 Å². The Hall–Kier alpha value is -1.33. The second kappa shape index (κ2) is 7.45. The molecule has 2 rings (SSSR count). The lowest BCUT2D eigenvalue weighted by Crippen LogP contribution is -2.13. The topological polar surface area (TPSA) is 64.9 Å². The van der Waals surface area contributed by atoms with Gasteiger partial charge in [0.25, 0.3) is 0 Å². The van der Waals surface area contributed by atoms with E-state index < -0.39 is 0 Å². The van der Waals surface area contributed by atoms with E-state index in [0.29, 0.717) is 17.6 Å². The Kier molecular flexibility index (Phi) is 5.61. The largest absolute Gasteiger partial charge is 0.338 e. The van der Waals surface area contributed by atoms with Crippen LogP contribution < -0.4 is 5.73 Å². The quantitative estimate of drug-likeness (QED) is 0.847. The maximum absolute atomic E-state index is 6.12. The van der Waals surface area contributed by atoms with Crippen LogP contribution in [0.15, 0.2) is 34.9 Å². The molecule has 0 saturated heterocycles. The van der Waals surface area contributed by atoms with Gasteiger partial charge in [-0.3, -0.25) is 0 Å². The smallest absolute Gasteiger partial charge is 0.243 e. The van der Waals surface area contributed by atoms with Gasteiger partial charge in [0.1, 0.15) is 0 Å². The number of nitrogens with zero attached hydrogens (tertiary/aromatic N) is 2. The number of benzene rings is 1. The normalized spacial score (nSPS) is 14.2. The third-order valence-electron chi connectivity index (χ3n) is 3.17. The molecule has 1 aromatic carbocycles. The first-order valence-electron chi connectivity index (χ1n) is 6.92. The highest BCUT2D eigenvalue weighted by Gasteiger charge is 2.15. The van der Waals surface area contributed by atoms with Crippen molar-refractivity contribution in [1.82, 2.24) is 10.1 Å². The van der Waals surface area contributed by atoms with E-state index in [-0.39, 0.29) is 6.04 Å². The minimum Gasteiger partial charge on any atom is -0.338 e. The van der Waals surface area contributed by atoms with Crippen molar-refractivity contribution in [3.05, 3.63) is 47.6 Å². The van der Waals surface area contributed by atoms with Gasteiger partial charge in [-0.25, -0.2) is 0 Å². The van der Waals surface area contributed by atoms with E-state index in [1.54, 1.807) is 0 Å². The molecule has 4 nitrogen and oxygen atoms in total. The average molecular weight is 291 g/mol. The van der Waals surface area contributed by atoms with Gasteiger partial charge in [0.2, 0.25) is 5.89 Å². The molecule has 2 N–H and O–H groups in total. The summed E-state index contributed by atoms with van der Waals surface area (Å²) in [5.74, 6) is 2.03. The maximum atomic E-state index is 6.12. The Morgan fingerprint density at radius 1 is 1.30 bits per heavy atom. The van der Waals surface area contributed by atoms with Crippen molar-refractivity contribution in [3.63, 3.8) is 0 Å². The molecule has 1 heterocycles. The van der Waals surface area contributed by atoms with Crippen molar-refractivity contribution in [2.45, 2.75) is 43.7 Å². The van der Waals surface area contributed by atoms with Gasteiger partial charge in [0.15, 0.2) is 5.82 Å². The van der Waals surface area contributed by atoms with E-state index in [1.807, 2.05) is 30.0 Å². The highest BCUT2D eigenvalue weighted by Crippen LogP contribution is 2.20. The van der Waals surface area contributed by atoms with Crippen LogP contribution in [0, 0.1) is 0 Å². The summed E-state index contributed by atoms with van der Waals surface area (Å²) in [6.07, 6.45) is 1.85. The summed E-state index contributed by atoms with van der Waals surface area (Å²) in [6, 6.07) is 9.86. The zero-order valence-electron chi connectivity index (χ0n) is 12.0. The van der Waals surface area contributed by atoms with E-state index >= 15 is 0 Å². The monoisotopic (exact) mass is 291 g/mol. The fourth-order valence-corrected chi connectivity index (χ4v) is 2.55. The van der Waals surface area contributed by atoms with E-state index in [2.05, 4.69) is 36.1 Å². The molecule has 0 saturated carbocycles. The number of thioether (sulfide) groups is 1. The molecule has 2 aromatic rings. The van der Waals surface area contributed by atoms with Gasteiger partial charge >= 0.3 is 0 Å². The molecule has 0 fully saturated rings. The first-order chi connectivity index (χ1) is 9.69. The fraction of sp³-hybridized carbons (Fsp3) is 0.467. The highest BCUT2D eigenvalue weighted by molar-refractivity contribution is 7.99. The molecule has 2 atom stereocenters. The van der Waals surface area contributed by atoms with Crippen molar-refractivity contribution in [2.24, 2.45) is 5.73 Å². The standard InChI is InChI=1S/C15H21N3OS/c1-3-11(2)20-10-14-17-15(19-18-14)13(16)9-12-7-5-4-6-8-12/h4-8,11,13H,3,9-10,16H2,1-2H3/t11?,13-/m1/s1. The first kappa shape index (κ1) is 15.1. The zero-order chi connectivity index (χ0) is 14.4. The molecule has 0 spiro atoms. The van der Waals surface area contributed by atoms with Crippen LogP contribution in [-0.2, 0) is 12.2 Å². The van der Waals surface area contributed by atoms with Gasteiger partial charge in [-0.05, 0) is 18.4 Å². The summed E-state index contributed by atoms with van der Waals surface area (Å²) >= 11 is 1.83. The molecule has 0 amide bonds. The second-order valence-electron chi connectivity index (χ2n) is 4.87. The molecular formula is C15H21N3OS. The molecule has 5 heteroatoms. The van der Waals surface area contributed by atoms with Crippen LogP contribution in [0.2, 0.25) is 0 Å². The predicted molar refractivity (Wildman–Crippen MR) is 82.4 cm³/mol. The van der Waals surface area contributed by atoms with Gasteiger partial charge in [-0.15, -0.1) is 0 Å². The molecule has 20 heavy (non-hydrogen) atoms. The third-order valence-corrected chi connectivity index (χ3v) is 4.50. The summed E-state index contributed by atoms with van der Waals surface area (Å²) in [5.41, 5.74) is 7.29. The van der Waals surface area contributed by atoms with Crippen LogP contribution in [0.1, 0.15) is 43.6 Å². The van der Waals surface area contributed by atoms with E-state index in [4.69, 9.17) is 10.3 Å². The van der Waals surface area contributed by atoms with Crippen molar-refractivity contribution >= 4 is 11.8 Å². The van der Waals surface area contributed by atoms with Crippen LogP contribution in [-0.4, -0.2) is 15.4 Å². The van der Waals surface area contributed by atoms with Crippen LogP contribution in [0.5, 0.6) is 0 Å². The minimum atomic E-state index is -0.243. The summed E-state index contributed by atoms with van der Waals surface area (Å²) in [5, 5.41) is 4.60.